The highest BCUT2D eigenvalue weighted by Crippen LogP contribution is 2.31. The molecule has 1 aliphatic rings. The number of thiazole rings is 1. The average molecular weight is 478 g/mol. The molecule has 2 heterocycles. The Kier molecular flexibility index (Phi) is 6.70. The van der Waals surface area contributed by atoms with Gasteiger partial charge < -0.3 is 14.4 Å². The molecule has 0 amide bonds. The van der Waals surface area contributed by atoms with E-state index in [1.54, 1.807) is 31.6 Å². The van der Waals surface area contributed by atoms with Crippen molar-refractivity contribution < 1.29 is 14.3 Å². The lowest BCUT2D eigenvalue weighted by Gasteiger charge is -2.25. The van der Waals surface area contributed by atoms with Crippen LogP contribution in [-0.2, 0) is 9.53 Å². The number of nitrogens with zero attached hydrogens (tertiary/aromatic N) is 3. The predicted molar refractivity (Wildman–Crippen MR) is 134 cm³/mol. The van der Waals surface area contributed by atoms with Gasteiger partial charge in [0.05, 0.1) is 35.6 Å². The topological polar surface area (TPSA) is 73.1 Å². The lowest BCUT2D eigenvalue weighted by atomic mass is 9.95. The number of para-hydroxylation sites is 1. The maximum Gasteiger partial charge on any atom is 0.338 e. The highest BCUT2D eigenvalue weighted by atomic mass is 32.1. The summed E-state index contributed by atoms with van der Waals surface area (Å²) in [6, 6.07) is 14.7. The minimum absolute atomic E-state index is 0.217. The number of esters is 1. The Hall–Kier alpha value is -3.65. The van der Waals surface area contributed by atoms with Crippen LogP contribution in [0.4, 0.5) is 5.69 Å². The van der Waals surface area contributed by atoms with Gasteiger partial charge in [0.1, 0.15) is 5.75 Å². The number of hydrogen-bond acceptors (Lipinski definition) is 7. The molecule has 7 nitrogen and oxygen atoms in total. The highest BCUT2D eigenvalue weighted by molar-refractivity contribution is 7.07. The van der Waals surface area contributed by atoms with Gasteiger partial charge in [-0.2, -0.15) is 0 Å². The van der Waals surface area contributed by atoms with Crippen molar-refractivity contribution in [2.75, 3.05) is 32.7 Å². The van der Waals surface area contributed by atoms with E-state index in [1.807, 2.05) is 67.5 Å². The second-order valence-corrected chi connectivity index (χ2v) is 9.04. The SMILES string of the molecule is CCOC(=O)C1=C(C)N=c2s/c(=C/c3ccccc3OC)c(=O)n2[C@@H]1c1ccc(N(C)C)cc1. The van der Waals surface area contributed by atoms with Gasteiger partial charge in [0.25, 0.3) is 5.56 Å². The molecule has 176 valence electrons. The van der Waals surface area contributed by atoms with Gasteiger partial charge in [0.2, 0.25) is 0 Å². The molecular formula is C26H27N3O4S. The number of anilines is 1. The molecule has 0 aliphatic carbocycles. The maximum absolute atomic E-state index is 13.7. The number of allylic oxidation sites excluding steroid dienone is 1. The number of aromatic nitrogens is 1. The third kappa shape index (κ3) is 4.28. The molecule has 0 fully saturated rings. The molecule has 0 unspecified atom stereocenters. The zero-order valence-electron chi connectivity index (χ0n) is 19.9. The van der Waals surface area contributed by atoms with Gasteiger partial charge in [-0.25, -0.2) is 9.79 Å². The van der Waals surface area contributed by atoms with E-state index in [4.69, 9.17) is 9.47 Å². The molecule has 4 rings (SSSR count). The van der Waals surface area contributed by atoms with E-state index in [0.717, 1.165) is 16.8 Å². The van der Waals surface area contributed by atoms with Crippen molar-refractivity contribution >= 4 is 29.1 Å². The van der Waals surface area contributed by atoms with Crippen molar-refractivity contribution in [3.05, 3.63) is 90.6 Å². The Balaban J connectivity index is 1.95. The maximum atomic E-state index is 13.7. The normalized spacial score (nSPS) is 15.6. The second kappa shape index (κ2) is 9.69. The minimum Gasteiger partial charge on any atom is -0.496 e. The highest BCUT2D eigenvalue weighted by Gasteiger charge is 2.33. The van der Waals surface area contributed by atoms with Gasteiger partial charge in [0.15, 0.2) is 4.80 Å². The van der Waals surface area contributed by atoms with Gasteiger partial charge in [0, 0.05) is 25.3 Å². The number of benzene rings is 2. The van der Waals surface area contributed by atoms with Crippen molar-refractivity contribution in [2.24, 2.45) is 4.99 Å². The zero-order chi connectivity index (χ0) is 24.4. The summed E-state index contributed by atoms with van der Waals surface area (Å²) in [6.45, 7) is 3.78. The molecule has 0 saturated heterocycles. The van der Waals surface area contributed by atoms with Crippen molar-refractivity contribution in [2.45, 2.75) is 19.9 Å². The molecule has 8 heteroatoms. The number of carbonyl (C=O) groups is 1. The second-order valence-electron chi connectivity index (χ2n) is 8.03. The first kappa shape index (κ1) is 23.5. The summed E-state index contributed by atoms with van der Waals surface area (Å²) >= 11 is 1.29. The average Bonchev–Trinajstić information content (AvgIpc) is 3.13. The van der Waals surface area contributed by atoms with E-state index >= 15 is 0 Å². The van der Waals surface area contributed by atoms with Crippen LogP contribution >= 0.6 is 11.3 Å². The summed E-state index contributed by atoms with van der Waals surface area (Å²) in [5, 5.41) is 0. The fraction of sp³-hybridized carbons (Fsp3) is 0.269. The number of hydrogen-bond donors (Lipinski definition) is 0. The van der Waals surface area contributed by atoms with Crippen LogP contribution in [0.25, 0.3) is 6.08 Å². The van der Waals surface area contributed by atoms with Crippen LogP contribution in [0, 0.1) is 0 Å². The van der Waals surface area contributed by atoms with E-state index in [0.29, 0.717) is 26.4 Å². The molecule has 1 aliphatic heterocycles. The van der Waals surface area contributed by atoms with Crippen LogP contribution in [0.2, 0.25) is 0 Å². The molecule has 2 aromatic carbocycles. The Bertz CT molecular complexity index is 1430. The summed E-state index contributed by atoms with van der Waals surface area (Å²) in [5.41, 5.74) is 3.33. The molecule has 0 bridgehead atoms. The molecule has 1 atom stereocenters. The smallest absolute Gasteiger partial charge is 0.338 e. The minimum atomic E-state index is -0.633. The summed E-state index contributed by atoms with van der Waals surface area (Å²) < 4.78 is 12.9. The number of ether oxygens (including phenoxy) is 2. The first-order valence-electron chi connectivity index (χ1n) is 11.0. The van der Waals surface area contributed by atoms with Crippen LogP contribution in [0.3, 0.4) is 0 Å². The molecular weight excluding hydrogens is 450 g/mol. The first-order valence-corrected chi connectivity index (χ1v) is 11.8. The molecule has 34 heavy (non-hydrogen) atoms. The Morgan fingerprint density at radius 3 is 2.53 bits per heavy atom. The largest absolute Gasteiger partial charge is 0.496 e. The van der Waals surface area contributed by atoms with Gasteiger partial charge in [-0.3, -0.25) is 9.36 Å². The lowest BCUT2D eigenvalue weighted by Crippen LogP contribution is -2.39. The summed E-state index contributed by atoms with van der Waals surface area (Å²) in [6.07, 6.45) is 1.80. The quantitative estimate of drug-likeness (QED) is 0.511. The number of carbonyl (C=O) groups excluding carboxylic acids is 1. The molecule has 0 saturated carbocycles. The molecule has 1 aromatic heterocycles. The Morgan fingerprint density at radius 2 is 1.88 bits per heavy atom. The van der Waals surface area contributed by atoms with Gasteiger partial charge in [-0.15, -0.1) is 0 Å². The summed E-state index contributed by atoms with van der Waals surface area (Å²) in [7, 11) is 5.52. The number of rotatable bonds is 6. The van der Waals surface area contributed by atoms with Crippen molar-refractivity contribution in [3.63, 3.8) is 0 Å². The monoisotopic (exact) mass is 477 g/mol. The standard InChI is InChI=1S/C26H27N3O4S/c1-6-33-25(31)22-16(2)27-26-29(23(22)17-11-13-19(14-12-17)28(3)4)24(30)21(34-26)15-18-9-7-8-10-20(18)32-5/h7-15,23H,6H2,1-5H3/b21-15+/t23-/m1/s1. The summed E-state index contributed by atoms with van der Waals surface area (Å²) in [4.78, 5) is 33.8. The van der Waals surface area contributed by atoms with Gasteiger partial charge >= 0.3 is 5.97 Å². The zero-order valence-corrected chi connectivity index (χ0v) is 20.7. The van der Waals surface area contributed by atoms with Crippen LogP contribution in [0.5, 0.6) is 5.75 Å². The lowest BCUT2D eigenvalue weighted by molar-refractivity contribution is -0.139. The molecule has 3 aromatic rings. The fourth-order valence-corrected chi connectivity index (χ4v) is 5.03. The fourth-order valence-electron chi connectivity index (χ4n) is 3.99. The molecule has 0 radical (unpaired) electrons. The van der Waals surface area contributed by atoms with E-state index in [2.05, 4.69) is 4.99 Å². The van der Waals surface area contributed by atoms with E-state index in [1.165, 1.54) is 11.3 Å². The van der Waals surface area contributed by atoms with Crippen LogP contribution in [-0.4, -0.2) is 38.3 Å². The third-order valence-electron chi connectivity index (χ3n) is 5.67. The predicted octanol–water partition coefficient (Wildman–Crippen LogP) is 2.87. The van der Waals surface area contributed by atoms with Crippen molar-refractivity contribution in [3.8, 4) is 5.75 Å². The van der Waals surface area contributed by atoms with E-state index < -0.39 is 12.0 Å². The molecule has 0 N–H and O–H groups in total. The van der Waals surface area contributed by atoms with Crippen molar-refractivity contribution in [1.29, 1.82) is 0 Å². The van der Waals surface area contributed by atoms with Crippen molar-refractivity contribution in [1.82, 2.24) is 4.57 Å². The van der Waals surface area contributed by atoms with E-state index in [9.17, 15) is 9.59 Å². The summed E-state index contributed by atoms with van der Waals surface area (Å²) in [5.74, 6) is 0.206. The van der Waals surface area contributed by atoms with E-state index in [-0.39, 0.29) is 12.2 Å². The Labute approximate surface area is 201 Å². The number of fused-ring (bicyclic) bond motifs is 1. The van der Waals surface area contributed by atoms with Crippen LogP contribution < -0.4 is 24.5 Å². The number of methoxy groups -OCH3 is 1. The Morgan fingerprint density at radius 1 is 1.18 bits per heavy atom. The van der Waals surface area contributed by atoms with Crippen LogP contribution in [0.1, 0.15) is 31.0 Å². The first-order chi connectivity index (χ1) is 16.3. The molecule has 0 spiro atoms. The van der Waals surface area contributed by atoms with Crippen LogP contribution in [0.15, 0.2) is 69.6 Å². The van der Waals surface area contributed by atoms with Gasteiger partial charge in [-0.05, 0) is 43.7 Å². The van der Waals surface area contributed by atoms with Gasteiger partial charge in [-0.1, -0.05) is 41.7 Å². The third-order valence-corrected chi connectivity index (χ3v) is 6.65.